The van der Waals surface area contributed by atoms with Crippen molar-refractivity contribution in [2.45, 2.75) is 138 Å². The largest absolute Gasteiger partial charge is 0.497 e. The molecule has 1 saturated heterocycles. The Balaban J connectivity index is 0.000000184. The van der Waals surface area contributed by atoms with Crippen LogP contribution < -0.4 is 30.3 Å². The Morgan fingerprint density at radius 3 is 1.47 bits per heavy atom. The summed E-state index contributed by atoms with van der Waals surface area (Å²) in [5, 5.41) is 33.1. The molecule has 0 amide bonds. The second kappa shape index (κ2) is 23.5. The number of nitrogens with zero attached hydrogens (tertiary/aromatic N) is 10. The first-order valence-corrected chi connectivity index (χ1v) is 28.8. The van der Waals surface area contributed by atoms with Gasteiger partial charge in [0.25, 0.3) is 10.0 Å². The van der Waals surface area contributed by atoms with Crippen molar-refractivity contribution in [1.29, 1.82) is 0 Å². The van der Waals surface area contributed by atoms with E-state index < -0.39 is 20.0 Å². The van der Waals surface area contributed by atoms with Crippen molar-refractivity contribution in [3.05, 3.63) is 85.5 Å². The lowest BCUT2D eigenvalue weighted by Gasteiger charge is -2.26. The Morgan fingerprint density at radius 1 is 0.600 bits per heavy atom. The van der Waals surface area contributed by atoms with Crippen LogP contribution in [0.25, 0.3) is 22.3 Å². The topological polar surface area (TPSA) is 260 Å². The third kappa shape index (κ3) is 12.4. The smallest absolute Gasteiger partial charge is 0.264 e. The van der Waals surface area contributed by atoms with Gasteiger partial charge in [0.1, 0.15) is 5.75 Å². The summed E-state index contributed by atoms with van der Waals surface area (Å²) in [5.41, 5.74) is 4.63. The Labute approximate surface area is 438 Å². The van der Waals surface area contributed by atoms with Crippen LogP contribution in [0.3, 0.4) is 0 Å². The molecule has 3 aromatic carbocycles. The van der Waals surface area contributed by atoms with Gasteiger partial charge in [-0.3, -0.25) is 4.31 Å². The fraction of sp³-hybridized carbons (Fsp3) is 0.462. The predicted octanol–water partition coefficient (Wildman–Crippen LogP) is 8.01. The summed E-state index contributed by atoms with van der Waals surface area (Å²) in [6, 6.07) is 20.6. The molecule has 23 heteroatoms. The van der Waals surface area contributed by atoms with Crippen molar-refractivity contribution in [2.75, 3.05) is 52.8 Å². The van der Waals surface area contributed by atoms with Crippen molar-refractivity contribution in [2.24, 2.45) is 0 Å². The van der Waals surface area contributed by atoms with Gasteiger partial charge in [-0.25, -0.2) is 26.8 Å². The van der Waals surface area contributed by atoms with Gasteiger partial charge in [-0.1, -0.05) is 12.8 Å². The highest BCUT2D eigenvalue weighted by Gasteiger charge is 2.27. The molecule has 3 aliphatic rings. The fourth-order valence-electron chi connectivity index (χ4n) is 9.67. The van der Waals surface area contributed by atoms with E-state index >= 15 is 0 Å². The average Bonchev–Trinajstić information content (AvgIpc) is 3.93. The standard InChI is InChI=1S/C27H33N7O4S.C25H35N7O3S/c1-4-34-17-28-24-25(31-27(32-26(24)34)30-19-5-11-21(35)12-6-19)29-18-7-15-23(16-8-18)39(36,37)33(2)20-9-13-22(38-3)14-10-20;1-2-31-17-26-22-23(29-25(30-24(22)31)28-19-7-11-20(33)12-8-19)27-18-9-13-21(14-10-18)36(34,35)32-15-5-3-4-6-16-32/h7-10,13-17,19,21,35H,4-6,11-12H2,1-3H3,(H2,29,30,31,32);9-10,13-14,17,19-20,33H,2-8,11-12,15-16H2,1H3,(H2,27,28,29,30). The van der Waals surface area contributed by atoms with Gasteiger partial charge in [-0.15, -0.1) is 0 Å². The molecular formula is C52H68N14O7S2. The third-order valence-corrected chi connectivity index (χ3v) is 17.9. The zero-order chi connectivity index (χ0) is 52.7. The number of benzene rings is 3. The van der Waals surface area contributed by atoms with Crippen LogP contribution >= 0.6 is 0 Å². The van der Waals surface area contributed by atoms with E-state index in [0.29, 0.717) is 81.9 Å². The molecule has 0 atom stereocenters. The summed E-state index contributed by atoms with van der Waals surface area (Å²) in [7, 11) is -4.18. The Morgan fingerprint density at radius 2 is 1.04 bits per heavy atom. The highest BCUT2D eigenvalue weighted by molar-refractivity contribution is 7.92. The highest BCUT2D eigenvalue weighted by Crippen LogP contribution is 2.31. The van der Waals surface area contributed by atoms with Crippen molar-refractivity contribution in [3.8, 4) is 5.75 Å². The number of ether oxygens (including phenoxy) is 1. The second-order valence-electron chi connectivity index (χ2n) is 19.3. The maximum Gasteiger partial charge on any atom is 0.264 e. The molecule has 10 rings (SSSR count). The van der Waals surface area contributed by atoms with E-state index in [2.05, 4.69) is 31.2 Å². The van der Waals surface area contributed by atoms with Crippen LogP contribution in [0.1, 0.15) is 90.9 Å². The Bertz CT molecular complexity index is 3240. The number of rotatable bonds is 16. The first-order chi connectivity index (χ1) is 36.2. The highest BCUT2D eigenvalue weighted by atomic mass is 32.2. The first-order valence-electron chi connectivity index (χ1n) is 25.9. The van der Waals surface area contributed by atoms with Crippen LogP contribution in [0.4, 0.5) is 40.6 Å². The van der Waals surface area contributed by atoms with Gasteiger partial charge in [-0.2, -0.15) is 24.2 Å². The molecule has 4 aromatic heterocycles. The number of aromatic nitrogens is 8. The molecular weight excluding hydrogens is 997 g/mol. The monoisotopic (exact) mass is 1060 g/mol. The summed E-state index contributed by atoms with van der Waals surface area (Å²) >= 11 is 0. The number of sulfonamides is 2. The van der Waals surface area contributed by atoms with Gasteiger partial charge in [0.15, 0.2) is 34.0 Å². The zero-order valence-corrected chi connectivity index (χ0v) is 44.6. The Kier molecular flexibility index (Phi) is 16.6. The number of methoxy groups -OCH3 is 1. The lowest BCUT2D eigenvalue weighted by molar-refractivity contribution is 0.125. The van der Waals surface area contributed by atoms with Gasteiger partial charge in [0.2, 0.25) is 21.9 Å². The summed E-state index contributed by atoms with van der Waals surface area (Å²) < 4.78 is 64.6. The van der Waals surface area contributed by atoms with Crippen LogP contribution in [-0.2, 0) is 33.1 Å². The quantitative estimate of drug-likeness (QED) is 0.0535. The molecule has 0 spiro atoms. The second-order valence-corrected chi connectivity index (χ2v) is 23.2. The number of hydrogen-bond acceptors (Lipinski definition) is 17. The minimum Gasteiger partial charge on any atom is -0.497 e. The first kappa shape index (κ1) is 53.2. The van der Waals surface area contributed by atoms with Crippen molar-refractivity contribution >= 4 is 83.0 Å². The van der Waals surface area contributed by atoms with Crippen molar-refractivity contribution in [1.82, 2.24) is 43.3 Å². The summed E-state index contributed by atoms with van der Waals surface area (Å²) in [6.45, 7) is 6.65. The summed E-state index contributed by atoms with van der Waals surface area (Å²) in [6.07, 6.45) is 13.5. The third-order valence-electron chi connectivity index (χ3n) is 14.2. The molecule has 2 aliphatic carbocycles. The van der Waals surface area contributed by atoms with Gasteiger partial charge >= 0.3 is 0 Å². The number of aliphatic hydroxyl groups excluding tert-OH is 2. The van der Waals surface area contributed by atoms with Crippen LogP contribution in [0.2, 0.25) is 0 Å². The molecule has 5 heterocycles. The van der Waals surface area contributed by atoms with Crippen LogP contribution in [0.15, 0.2) is 95.2 Å². The van der Waals surface area contributed by atoms with E-state index in [9.17, 15) is 27.0 Å². The van der Waals surface area contributed by atoms with Gasteiger partial charge in [-0.05, 0) is 151 Å². The zero-order valence-electron chi connectivity index (χ0n) is 42.9. The maximum absolute atomic E-state index is 13.2. The number of anilines is 7. The number of hydrogen-bond donors (Lipinski definition) is 6. The lowest BCUT2D eigenvalue weighted by Crippen LogP contribution is -2.31. The van der Waals surface area contributed by atoms with E-state index in [4.69, 9.17) is 24.7 Å². The van der Waals surface area contributed by atoms with Crippen molar-refractivity contribution < 1.29 is 31.8 Å². The molecule has 0 bridgehead atoms. The van der Waals surface area contributed by atoms with Crippen LogP contribution in [-0.4, -0.2) is 122 Å². The summed E-state index contributed by atoms with van der Waals surface area (Å²) in [4.78, 5) is 28.3. The molecule has 6 N–H and O–H groups in total. The van der Waals surface area contributed by atoms with E-state index in [1.807, 2.05) is 23.0 Å². The maximum atomic E-state index is 13.2. The summed E-state index contributed by atoms with van der Waals surface area (Å²) in [5.74, 6) is 2.74. The van der Waals surface area contributed by atoms with E-state index in [1.165, 1.54) is 11.4 Å². The van der Waals surface area contributed by atoms with Crippen LogP contribution in [0, 0.1) is 0 Å². The minimum atomic E-state index is -3.77. The molecule has 0 unspecified atom stereocenters. The number of aliphatic hydroxyl groups is 2. The number of aryl methyl sites for hydroxylation is 2. The number of nitrogens with one attached hydrogen (secondary N) is 4. The fourth-order valence-corrected chi connectivity index (χ4v) is 12.4. The molecule has 75 heavy (non-hydrogen) atoms. The van der Waals surface area contributed by atoms with Crippen molar-refractivity contribution in [3.63, 3.8) is 0 Å². The molecule has 0 radical (unpaired) electrons. The van der Waals surface area contributed by atoms with Gasteiger partial charge < -0.3 is 45.4 Å². The Hall–Kier alpha value is -6.66. The number of imidazole rings is 2. The molecule has 2 saturated carbocycles. The number of fused-ring (bicyclic) bond motifs is 2. The lowest BCUT2D eigenvalue weighted by atomic mass is 9.93. The minimum absolute atomic E-state index is 0.163. The molecule has 1 aliphatic heterocycles. The molecule has 7 aromatic rings. The predicted molar refractivity (Wildman–Crippen MR) is 291 cm³/mol. The average molecular weight is 1070 g/mol. The van der Waals surface area contributed by atoms with E-state index in [0.717, 1.165) is 94.9 Å². The van der Waals surface area contributed by atoms with Gasteiger partial charge in [0.05, 0.1) is 47.5 Å². The van der Waals surface area contributed by atoms with E-state index in [1.54, 1.807) is 96.9 Å². The van der Waals surface area contributed by atoms with Crippen LogP contribution in [0.5, 0.6) is 5.75 Å². The molecule has 21 nitrogen and oxygen atoms in total. The SMILES string of the molecule is CCn1cnc2c(Nc3ccc(S(=O)(=O)N(C)c4ccc(OC)cc4)cc3)nc(NC3CCC(O)CC3)nc21.CCn1cnc2c(Nc3ccc(S(=O)(=O)N4CCCCCC4)cc3)nc(NC3CCC(O)CC3)nc21. The normalized spacial score (nSPS) is 19.7. The van der Waals surface area contributed by atoms with Gasteiger partial charge in [0, 0.05) is 56.7 Å². The molecule has 400 valence electrons. The molecule has 3 fully saturated rings. The van der Waals surface area contributed by atoms with E-state index in [-0.39, 0.29) is 29.2 Å².